The second-order valence-corrected chi connectivity index (χ2v) is 5.58. The highest BCUT2D eigenvalue weighted by Crippen LogP contribution is 2.34. The summed E-state index contributed by atoms with van der Waals surface area (Å²) < 4.78 is 1.91. The first kappa shape index (κ1) is 11.6. The van der Waals surface area contributed by atoms with E-state index >= 15 is 0 Å². The monoisotopic (exact) mass is 213 g/mol. The summed E-state index contributed by atoms with van der Waals surface area (Å²) in [6.45, 7) is 6.38. The molecule has 0 amide bonds. The molecule has 0 fully saturated rings. The van der Waals surface area contributed by atoms with E-state index in [0.29, 0.717) is 0 Å². The van der Waals surface area contributed by atoms with E-state index in [1.165, 1.54) is 5.56 Å². The number of aryl methyl sites for hydroxylation is 2. The zero-order valence-corrected chi connectivity index (χ0v) is 10.4. The molecular formula is C10H19N3S. The maximum Gasteiger partial charge on any atom is 0.0613 e. The van der Waals surface area contributed by atoms with Crippen LogP contribution in [-0.4, -0.2) is 20.8 Å². The van der Waals surface area contributed by atoms with Crippen LogP contribution in [0.3, 0.4) is 0 Å². The molecule has 80 valence electrons. The average Bonchev–Trinajstić information content (AvgIpc) is 2.45. The molecular weight excluding hydrogens is 194 g/mol. The van der Waals surface area contributed by atoms with Gasteiger partial charge in [-0.05, 0) is 32.6 Å². The van der Waals surface area contributed by atoms with Crippen LogP contribution in [0.2, 0.25) is 0 Å². The minimum absolute atomic E-state index is 0.0185. The Bertz CT molecular complexity index is 298. The molecule has 2 N–H and O–H groups in total. The third-order valence-corrected chi connectivity index (χ3v) is 4.05. The Balaban J connectivity index is 3.06. The molecule has 0 aliphatic heterocycles. The Kier molecular flexibility index (Phi) is 3.27. The number of hydrogen-bond donors (Lipinski definition) is 1. The Hall–Kier alpha value is -0.480. The fourth-order valence-electron chi connectivity index (χ4n) is 1.46. The lowest BCUT2D eigenvalue weighted by molar-refractivity contribution is 0.518. The summed E-state index contributed by atoms with van der Waals surface area (Å²) in [6.07, 6.45) is 3.96. The Morgan fingerprint density at radius 3 is 2.50 bits per heavy atom. The molecule has 0 saturated heterocycles. The summed E-state index contributed by atoms with van der Waals surface area (Å²) >= 11 is 1.78. The number of aromatic nitrogens is 2. The topological polar surface area (TPSA) is 43.8 Å². The molecule has 1 rings (SSSR count). The summed E-state index contributed by atoms with van der Waals surface area (Å²) in [5.41, 5.74) is 8.55. The van der Waals surface area contributed by atoms with E-state index in [2.05, 4.69) is 32.1 Å². The summed E-state index contributed by atoms with van der Waals surface area (Å²) in [5, 5.41) is 4.21. The zero-order valence-electron chi connectivity index (χ0n) is 9.53. The number of rotatable bonds is 3. The van der Waals surface area contributed by atoms with Gasteiger partial charge < -0.3 is 5.73 Å². The largest absolute Gasteiger partial charge is 0.322 e. The van der Waals surface area contributed by atoms with Gasteiger partial charge in [-0.2, -0.15) is 16.9 Å². The van der Waals surface area contributed by atoms with Gasteiger partial charge in [0.1, 0.15) is 0 Å². The standard InChI is InChI=1S/C10H19N3S/c1-7-6-12-13(4)8(7)9(11)10(2,3)14-5/h6,9H,11H2,1-5H3. The lowest BCUT2D eigenvalue weighted by Gasteiger charge is -2.30. The third kappa shape index (κ3) is 1.96. The number of nitrogens with zero attached hydrogens (tertiary/aromatic N) is 2. The van der Waals surface area contributed by atoms with Crippen molar-refractivity contribution in [2.45, 2.75) is 31.6 Å². The lowest BCUT2D eigenvalue weighted by Crippen LogP contribution is -2.34. The van der Waals surface area contributed by atoms with Crippen molar-refractivity contribution in [3.8, 4) is 0 Å². The fourth-order valence-corrected chi connectivity index (χ4v) is 1.83. The highest BCUT2D eigenvalue weighted by molar-refractivity contribution is 7.99. The van der Waals surface area contributed by atoms with Crippen LogP contribution in [0.15, 0.2) is 6.20 Å². The summed E-state index contributed by atoms with van der Waals surface area (Å²) in [5.74, 6) is 0. The minimum Gasteiger partial charge on any atom is -0.322 e. The number of thioether (sulfide) groups is 1. The van der Waals surface area contributed by atoms with Crippen molar-refractivity contribution in [2.75, 3.05) is 6.26 Å². The molecule has 3 nitrogen and oxygen atoms in total. The first-order valence-electron chi connectivity index (χ1n) is 4.69. The van der Waals surface area contributed by atoms with E-state index < -0.39 is 0 Å². The van der Waals surface area contributed by atoms with Crippen LogP contribution in [0.1, 0.15) is 31.1 Å². The molecule has 1 aromatic rings. The van der Waals surface area contributed by atoms with Crippen molar-refractivity contribution < 1.29 is 0 Å². The predicted octanol–water partition coefficient (Wildman–Crippen LogP) is 1.87. The molecule has 1 atom stereocenters. The number of hydrogen-bond acceptors (Lipinski definition) is 3. The van der Waals surface area contributed by atoms with Gasteiger partial charge in [0.05, 0.1) is 17.9 Å². The van der Waals surface area contributed by atoms with E-state index in [0.717, 1.165) is 5.69 Å². The van der Waals surface area contributed by atoms with Crippen molar-refractivity contribution >= 4 is 11.8 Å². The van der Waals surface area contributed by atoms with Gasteiger partial charge in [-0.3, -0.25) is 4.68 Å². The van der Waals surface area contributed by atoms with Gasteiger partial charge in [0, 0.05) is 11.8 Å². The van der Waals surface area contributed by atoms with Crippen molar-refractivity contribution in [3.05, 3.63) is 17.5 Å². The van der Waals surface area contributed by atoms with Crippen molar-refractivity contribution in [1.82, 2.24) is 9.78 Å². The van der Waals surface area contributed by atoms with Gasteiger partial charge in [-0.1, -0.05) is 0 Å². The normalized spacial score (nSPS) is 14.4. The van der Waals surface area contributed by atoms with Gasteiger partial charge in [-0.25, -0.2) is 0 Å². The van der Waals surface area contributed by atoms with Crippen LogP contribution in [0.5, 0.6) is 0 Å². The van der Waals surface area contributed by atoms with Crippen LogP contribution < -0.4 is 5.73 Å². The number of nitrogens with two attached hydrogens (primary N) is 1. The highest BCUT2D eigenvalue weighted by Gasteiger charge is 2.29. The molecule has 1 heterocycles. The van der Waals surface area contributed by atoms with Crippen LogP contribution in [0.25, 0.3) is 0 Å². The molecule has 0 aliphatic rings. The molecule has 1 unspecified atom stereocenters. The molecule has 0 aliphatic carbocycles. The van der Waals surface area contributed by atoms with E-state index in [9.17, 15) is 0 Å². The molecule has 0 bridgehead atoms. The minimum atomic E-state index is 0.0185. The van der Waals surface area contributed by atoms with Gasteiger partial charge in [0.15, 0.2) is 0 Å². The fraction of sp³-hybridized carbons (Fsp3) is 0.700. The van der Waals surface area contributed by atoms with E-state index in [-0.39, 0.29) is 10.8 Å². The summed E-state index contributed by atoms with van der Waals surface area (Å²) in [4.78, 5) is 0. The molecule has 4 heteroatoms. The van der Waals surface area contributed by atoms with Crippen molar-refractivity contribution in [1.29, 1.82) is 0 Å². The van der Waals surface area contributed by atoms with Crippen molar-refractivity contribution in [2.24, 2.45) is 12.8 Å². The van der Waals surface area contributed by atoms with E-state index in [4.69, 9.17) is 5.73 Å². The molecule has 0 saturated carbocycles. The van der Waals surface area contributed by atoms with Crippen LogP contribution in [0, 0.1) is 6.92 Å². The van der Waals surface area contributed by atoms with Gasteiger partial charge in [0.25, 0.3) is 0 Å². The van der Waals surface area contributed by atoms with Crippen LogP contribution >= 0.6 is 11.8 Å². The zero-order chi connectivity index (χ0) is 10.9. The predicted molar refractivity (Wildman–Crippen MR) is 62.5 cm³/mol. The molecule has 0 spiro atoms. The molecule has 14 heavy (non-hydrogen) atoms. The molecule has 0 aromatic carbocycles. The lowest BCUT2D eigenvalue weighted by atomic mass is 9.98. The highest BCUT2D eigenvalue weighted by atomic mass is 32.2. The second kappa shape index (κ2) is 3.95. The Morgan fingerprint density at radius 2 is 2.14 bits per heavy atom. The quantitative estimate of drug-likeness (QED) is 0.833. The second-order valence-electron chi connectivity index (χ2n) is 4.12. The summed E-state index contributed by atoms with van der Waals surface area (Å²) in [7, 11) is 1.94. The van der Waals surface area contributed by atoms with Crippen LogP contribution in [-0.2, 0) is 7.05 Å². The maximum atomic E-state index is 6.25. The molecule has 0 radical (unpaired) electrons. The first-order valence-corrected chi connectivity index (χ1v) is 5.92. The Morgan fingerprint density at radius 1 is 1.57 bits per heavy atom. The SMILES string of the molecule is CSC(C)(C)C(N)c1c(C)cnn1C. The summed E-state index contributed by atoms with van der Waals surface area (Å²) in [6, 6.07) is 0.0185. The van der Waals surface area contributed by atoms with E-state index in [1.54, 1.807) is 11.8 Å². The van der Waals surface area contributed by atoms with Crippen LogP contribution in [0.4, 0.5) is 0 Å². The maximum absolute atomic E-state index is 6.25. The first-order chi connectivity index (χ1) is 6.40. The third-order valence-electron chi connectivity index (χ3n) is 2.75. The van der Waals surface area contributed by atoms with Gasteiger partial charge in [-0.15, -0.1) is 0 Å². The van der Waals surface area contributed by atoms with Gasteiger partial charge >= 0.3 is 0 Å². The van der Waals surface area contributed by atoms with Crippen molar-refractivity contribution in [3.63, 3.8) is 0 Å². The average molecular weight is 213 g/mol. The Labute approximate surface area is 90.1 Å². The van der Waals surface area contributed by atoms with E-state index in [1.807, 2.05) is 17.9 Å². The van der Waals surface area contributed by atoms with Gasteiger partial charge in [0.2, 0.25) is 0 Å². The molecule has 1 aromatic heterocycles. The smallest absolute Gasteiger partial charge is 0.0613 e.